The number of nitrogens with one attached hydrogen (secondary N) is 1. The van der Waals surface area contributed by atoms with Crippen molar-refractivity contribution in [2.75, 3.05) is 19.6 Å². The van der Waals surface area contributed by atoms with Gasteiger partial charge in [0.05, 0.1) is 0 Å². The van der Waals surface area contributed by atoms with Crippen LogP contribution in [0.3, 0.4) is 0 Å². The van der Waals surface area contributed by atoms with E-state index in [0.717, 1.165) is 19.5 Å². The topological polar surface area (TPSA) is 58.4 Å². The Morgan fingerprint density at radius 2 is 2.19 bits per heavy atom. The summed E-state index contributed by atoms with van der Waals surface area (Å²) in [7, 11) is 0. The van der Waals surface area contributed by atoms with Gasteiger partial charge >= 0.3 is 6.03 Å². The van der Waals surface area contributed by atoms with Gasteiger partial charge in [0.2, 0.25) is 0 Å². The van der Waals surface area contributed by atoms with Crippen LogP contribution in [0.4, 0.5) is 4.79 Å². The number of benzene rings is 1. The Labute approximate surface area is 95.4 Å². The standard InChI is InChI=1S/C12H17N3O/c13-12(16)15-7-6-14-9-11(15)8-10-4-2-1-3-5-10/h1-5,11,14H,6-9H2,(H2,13,16). The highest BCUT2D eigenvalue weighted by atomic mass is 16.2. The summed E-state index contributed by atoms with van der Waals surface area (Å²) in [6.45, 7) is 2.35. The molecule has 1 aromatic rings. The van der Waals surface area contributed by atoms with Crippen LogP contribution in [0.15, 0.2) is 30.3 Å². The molecular weight excluding hydrogens is 202 g/mol. The first-order chi connectivity index (χ1) is 7.77. The van der Waals surface area contributed by atoms with E-state index in [1.165, 1.54) is 5.56 Å². The zero-order chi connectivity index (χ0) is 11.4. The molecule has 4 heteroatoms. The van der Waals surface area contributed by atoms with Crippen molar-refractivity contribution in [1.29, 1.82) is 0 Å². The fourth-order valence-corrected chi connectivity index (χ4v) is 2.12. The fourth-order valence-electron chi connectivity index (χ4n) is 2.12. The molecule has 3 N–H and O–H groups in total. The van der Waals surface area contributed by atoms with E-state index in [4.69, 9.17) is 5.73 Å². The molecule has 1 fully saturated rings. The third kappa shape index (κ3) is 2.52. The lowest BCUT2D eigenvalue weighted by molar-refractivity contribution is 0.166. The van der Waals surface area contributed by atoms with E-state index < -0.39 is 0 Å². The number of carbonyl (C=O) groups is 1. The number of carbonyl (C=O) groups excluding carboxylic acids is 1. The third-order valence-electron chi connectivity index (χ3n) is 2.95. The molecule has 16 heavy (non-hydrogen) atoms. The summed E-state index contributed by atoms with van der Waals surface area (Å²) in [6.07, 6.45) is 0.858. The van der Waals surface area contributed by atoms with Crippen LogP contribution < -0.4 is 11.1 Å². The van der Waals surface area contributed by atoms with E-state index in [2.05, 4.69) is 17.4 Å². The van der Waals surface area contributed by atoms with Crippen molar-refractivity contribution in [2.24, 2.45) is 5.73 Å². The molecule has 86 valence electrons. The minimum Gasteiger partial charge on any atom is -0.351 e. The van der Waals surface area contributed by atoms with Gasteiger partial charge in [-0.25, -0.2) is 4.79 Å². The second-order valence-electron chi connectivity index (χ2n) is 4.08. The van der Waals surface area contributed by atoms with Crippen LogP contribution in [-0.4, -0.2) is 36.6 Å². The van der Waals surface area contributed by atoms with Gasteiger partial charge in [-0.05, 0) is 12.0 Å². The molecule has 2 rings (SSSR count). The average Bonchev–Trinajstić information content (AvgIpc) is 2.31. The maximum absolute atomic E-state index is 11.3. The first-order valence-electron chi connectivity index (χ1n) is 5.58. The molecule has 4 nitrogen and oxygen atoms in total. The Morgan fingerprint density at radius 1 is 1.44 bits per heavy atom. The van der Waals surface area contributed by atoms with E-state index in [1.807, 2.05) is 18.2 Å². The maximum Gasteiger partial charge on any atom is 0.315 e. The number of hydrogen-bond acceptors (Lipinski definition) is 2. The third-order valence-corrected chi connectivity index (χ3v) is 2.95. The number of amides is 2. The first-order valence-corrected chi connectivity index (χ1v) is 5.58. The van der Waals surface area contributed by atoms with Gasteiger partial charge in [-0.15, -0.1) is 0 Å². The Morgan fingerprint density at radius 3 is 2.88 bits per heavy atom. The number of urea groups is 1. The molecule has 1 atom stereocenters. The lowest BCUT2D eigenvalue weighted by Crippen LogP contribution is -2.56. The van der Waals surface area contributed by atoms with Crippen LogP contribution in [0.2, 0.25) is 0 Å². The quantitative estimate of drug-likeness (QED) is 0.764. The number of rotatable bonds is 2. The van der Waals surface area contributed by atoms with Gasteiger partial charge in [-0.2, -0.15) is 0 Å². The van der Waals surface area contributed by atoms with E-state index >= 15 is 0 Å². The van der Waals surface area contributed by atoms with Crippen LogP contribution in [0.5, 0.6) is 0 Å². The lowest BCUT2D eigenvalue weighted by atomic mass is 10.0. The highest BCUT2D eigenvalue weighted by Crippen LogP contribution is 2.10. The monoisotopic (exact) mass is 219 g/mol. The Kier molecular flexibility index (Phi) is 3.41. The van der Waals surface area contributed by atoms with Gasteiger partial charge in [-0.1, -0.05) is 30.3 Å². The molecular formula is C12H17N3O. The second-order valence-corrected chi connectivity index (χ2v) is 4.08. The molecule has 0 aliphatic carbocycles. The molecule has 0 radical (unpaired) electrons. The average molecular weight is 219 g/mol. The Hall–Kier alpha value is -1.55. The summed E-state index contributed by atoms with van der Waals surface area (Å²) in [5.74, 6) is 0. The van der Waals surface area contributed by atoms with Gasteiger partial charge in [-0.3, -0.25) is 0 Å². The van der Waals surface area contributed by atoms with Gasteiger partial charge < -0.3 is 16.0 Å². The molecule has 2 amide bonds. The van der Waals surface area contributed by atoms with E-state index in [-0.39, 0.29) is 12.1 Å². The predicted octanol–water partition coefficient (Wildman–Crippen LogP) is 0.582. The second kappa shape index (κ2) is 4.99. The largest absolute Gasteiger partial charge is 0.351 e. The molecule has 1 heterocycles. The number of nitrogens with two attached hydrogens (primary N) is 1. The molecule has 1 aromatic carbocycles. The zero-order valence-electron chi connectivity index (χ0n) is 9.23. The van der Waals surface area contributed by atoms with Crippen molar-refractivity contribution >= 4 is 6.03 Å². The zero-order valence-corrected chi connectivity index (χ0v) is 9.23. The van der Waals surface area contributed by atoms with Gasteiger partial charge in [0.15, 0.2) is 0 Å². The van der Waals surface area contributed by atoms with Crippen molar-refractivity contribution in [3.05, 3.63) is 35.9 Å². The highest BCUT2D eigenvalue weighted by Gasteiger charge is 2.24. The van der Waals surface area contributed by atoms with Crippen LogP contribution >= 0.6 is 0 Å². The van der Waals surface area contributed by atoms with Crippen molar-refractivity contribution in [1.82, 2.24) is 10.2 Å². The van der Waals surface area contributed by atoms with E-state index in [1.54, 1.807) is 4.90 Å². The van der Waals surface area contributed by atoms with E-state index in [9.17, 15) is 4.79 Å². The summed E-state index contributed by atoms with van der Waals surface area (Å²) >= 11 is 0. The summed E-state index contributed by atoms with van der Waals surface area (Å²) in [4.78, 5) is 13.0. The summed E-state index contributed by atoms with van der Waals surface area (Å²) in [5.41, 5.74) is 6.61. The summed E-state index contributed by atoms with van der Waals surface area (Å²) in [5, 5.41) is 3.29. The van der Waals surface area contributed by atoms with Crippen molar-refractivity contribution < 1.29 is 4.79 Å². The van der Waals surface area contributed by atoms with Crippen LogP contribution in [0.25, 0.3) is 0 Å². The highest BCUT2D eigenvalue weighted by molar-refractivity contribution is 5.72. The number of piperazine rings is 1. The summed E-state index contributed by atoms with van der Waals surface area (Å²) < 4.78 is 0. The molecule has 0 saturated carbocycles. The number of hydrogen-bond donors (Lipinski definition) is 2. The Bertz CT molecular complexity index is 353. The van der Waals surface area contributed by atoms with Crippen molar-refractivity contribution in [3.63, 3.8) is 0 Å². The van der Waals surface area contributed by atoms with Crippen molar-refractivity contribution in [3.8, 4) is 0 Å². The van der Waals surface area contributed by atoms with Crippen LogP contribution in [0, 0.1) is 0 Å². The number of primary amides is 1. The number of nitrogens with zero attached hydrogens (tertiary/aromatic N) is 1. The van der Waals surface area contributed by atoms with Crippen molar-refractivity contribution in [2.45, 2.75) is 12.5 Å². The Balaban J connectivity index is 2.04. The minimum atomic E-state index is -0.317. The normalized spacial score (nSPS) is 20.8. The molecule has 0 bridgehead atoms. The fraction of sp³-hybridized carbons (Fsp3) is 0.417. The molecule has 0 spiro atoms. The van der Waals surface area contributed by atoms with Crippen LogP contribution in [0.1, 0.15) is 5.56 Å². The molecule has 1 aliphatic rings. The molecule has 1 aliphatic heterocycles. The smallest absolute Gasteiger partial charge is 0.315 e. The van der Waals surface area contributed by atoms with Gasteiger partial charge in [0.25, 0.3) is 0 Å². The first kappa shape index (κ1) is 11.0. The van der Waals surface area contributed by atoms with Gasteiger partial charge in [0.1, 0.15) is 0 Å². The maximum atomic E-state index is 11.3. The molecule has 1 saturated heterocycles. The van der Waals surface area contributed by atoms with Crippen LogP contribution in [-0.2, 0) is 6.42 Å². The van der Waals surface area contributed by atoms with Gasteiger partial charge in [0, 0.05) is 25.7 Å². The molecule has 0 aromatic heterocycles. The van der Waals surface area contributed by atoms with E-state index in [0.29, 0.717) is 6.54 Å². The minimum absolute atomic E-state index is 0.175. The lowest BCUT2D eigenvalue weighted by Gasteiger charge is -2.35. The predicted molar refractivity (Wildman–Crippen MR) is 63.1 cm³/mol. The SMILES string of the molecule is NC(=O)N1CCNCC1Cc1ccccc1. The molecule has 1 unspecified atom stereocenters. The summed E-state index contributed by atoms with van der Waals surface area (Å²) in [6, 6.07) is 10.0.